The zero-order valence-electron chi connectivity index (χ0n) is 14.2. The van der Waals surface area contributed by atoms with Gasteiger partial charge in [-0.2, -0.15) is 0 Å². The van der Waals surface area contributed by atoms with E-state index in [1.807, 2.05) is 18.2 Å². The number of para-hydroxylation sites is 1. The second-order valence-corrected chi connectivity index (χ2v) is 7.27. The predicted octanol–water partition coefficient (Wildman–Crippen LogP) is 3.07. The highest BCUT2D eigenvalue weighted by Gasteiger charge is 2.54. The Labute approximate surface area is 150 Å². The molecular weight excluding hydrogens is 326 g/mol. The SMILES string of the molecule is COc1ccc2c(c1)C1C3=C(C(=O)N=C3)C3c4ccccc4NC3C1N2. The molecule has 0 aromatic heterocycles. The number of ether oxygens (including phenoxy) is 1. The fraction of sp³-hybridized carbons (Fsp3) is 0.238. The highest BCUT2D eigenvalue weighted by atomic mass is 16.5. The number of rotatable bonds is 1. The van der Waals surface area contributed by atoms with Gasteiger partial charge in [-0.15, -0.1) is 0 Å². The van der Waals surface area contributed by atoms with Crippen molar-refractivity contribution in [1.82, 2.24) is 0 Å². The molecule has 1 amide bonds. The van der Waals surface area contributed by atoms with Crippen LogP contribution in [0.25, 0.3) is 0 Å². The molecule has 0 bridgehead atoms. The lowest BCUT2D eigenvalue weighted by atomic mass is 9.70. The van der Waals surface area contributed by atoms with E-state index in [1.54, 1.807) is 13.3 Å². The Bertz CT molecular complexity index is 1040. The number of carbonyl (C=O) groups is 1. The molecule has 0 spiro atoms. The van der Waals surface area contributed by atoms with E-state index in [1.165, 1.54) is 11.1 Å². The number of hydrogen-bond donors (Lipinski definition) is 2. The molecular formula is C21H17N3O2. The number of hydrogen-bond acceptors (Lipinski definition) is 4. The molecule has 6 rings (SSSR count). The molecule has 128 valence electrons. The minimum atomic E-state index is -0.0942. The first-order chi connectivity index (χ1) is 12.8. The molecule has 1 aliphatic carbocycles. The van der Waals surface area contributed by atoms with Gasteiger partial charge in [0.1, 0.15) is 5.75 Å². The van der Waals surface area contributed by atoms with Crippen LogP contribution in [0.2, 0.25) is 0 Å². The molecule has 26 heavy (non-hydrogen) atoms. The zero-order chi connectivity index (χ0) is 17.4. The summed E-state index contributed by atoms with van der Waals surface area (Å²) in [5, 5.41) is 7.37. The topological polar surface area (TPSA) is 62.7 Å². The van der Waals surface area contributed by atoms with Gasteiger partial charge in [0.25, 0.3) is 5.91 Å². The molecule has 4 aliphatic rings. The van der Waals surface area contributed by atoms with Crippen LogP contribution in [0.3, 0.4) is 0 Å². The molecule has 2 aromatic rings. The molecule has 0 saturated heterocycles. The van der Waals surface area contributed by atoms with E-state index >= 15 is 0 Å². The Morgan fingerprint density at radius 3 is 2.58 bits per heavy atom. The van der Waals surface area contributed by atoms with Crippen molar-refractivity contribution in [2.75, 3.05) is 17.7 Å². The maximum absolute atomic E-state index is 12.7. The molecule has 0 saturated carbocycles. The van der Waals surface area contributed by atoms with E-state index in [4.69, 9.17) is 4.74 Å². The lowest BCUT2D eigenvalue weighted by molar-refractivity contribution is -0.114. The van der Waals surface area contributed by atoms with Crippen LogP contribution in [-0.2, 0) is 4.79 Å². The summed E-state index contributed by atoms with van der Waals surface area (Å²) in [5.41, 5.74) is 6.51. The first-order valence-corrected chi connectivity index (χ1v) is 8.88. The number of carbonyl (C=O) groups excluding carboxylic acids is 1. The van der Waals surface area contributed by atoms with Gasteiger partial charge in [0.05, 0.1) is 19.2 Å². The fourth-order valence-electron chi connectivity index (χ4n) is 5.11. The van der Waals surface area contributed by atoms with E-state index < -0.39 is 0 Å². The molecule has 5 heteroatoms. The quantitative estimate of drug-likeness (QED) is 0.835. The van der Waals surface area contributed by atoms with Crippen molar-refractivity contribution in [2.45, 2.75) is 23.9 Å². The summed E-state index contributed by atoms with van der Waals surface area (Å²) in [5.74, 6) is 0.886. The molecule has 3 heterocycles. The van der Waals surface area contributed by atoms with Crippen LogP contribution in [-0.4, -0.2) is 31.3 Å². The van der Waals surface area contributed by atoms with E-state index in [0.29, 0.717) is 0 Å². The highest BCUT2D eigenvalue weighted by Crippen LogP contribution is 2.56. The van der Waals surface area contributed by atoms with Crippen LogP contribution in [0.1, 0.15) is 23.0 Å². The standard InChI is InChI=1S/C21H17N3O2/c1-26-10-6-7-15-12(8-10)16-13-9-22-21(25)18(13)17-11-4-2-3-5-14(11)23-20(17)19(16)24-15/h2-9,16-17,19-20,23-24H,1H3. The zero-order valence-corrected chi connectivity index (χ0v) is 14.2. The number of amides is 1. The summed E-state index contributed by atoms with van der Waals surface area (Å²) in [6.07, 6.45) is 1.78. The molecule has 5 nitrogen and oxygen atoms in total. The normalized spacial score (nSPS) is 29.3. The van der Waals surface area contributed by atoms with Gasteiger partial charge in [-0.3, -0.25) is 4.79 Å². The van der Waals surface area contributed by atoms with Crippen molar-refractivity contribution in [3.05, 3.63) is 64.7 Å². The van der Waals surface area contributed by atoms with Crippen molar-refractivity contribution in [3.63, 3.8) is 0 Å². The average molecular weight is 343 g/mol. The van der Waals surface area contributed by atoms with Crippen molar-refractivity contribution in [2.24, 2.45) is 4.99 Å². The second kappa shape index (κ2) is 4.75. The smallest absolute Gasteiger partial charge is 0.273 e. The van der Waals surface area contributed by atoms with Gasteiger partial charge < -0.3 is 15.4 Å². The third kappa shape index (κ3) is 1.60. The summed E-state index contributed by atoms with van der Waals surface area (Å²) in [7, 11) is 1.68. The van der Waals surface area contributed by atoms with Crippen LogP contribution in [0.4, 0.5) is 11.4 Å². The van der Waals surface area contributed by atoms with Crippen LogP contribution in [0.5, 0.6) is 5.75 Å². The monoisotopic (exact) mass is 343 g/mol. The summed E-state index contributed by atoms with van der Waals surface area (Å²) in [4.78, 5) is 16.8. The van der Waals surface area contributed by atoms with Gasteiger partial charge in [-0.05, 0) is 41.0 Å². The van der Waals surface area contributed by atoms with E-state index in [0.717, 1.165) is 28.3 Å². The molecule has 2 N–H and O–H groups in total. The van der Waals surface area contributed by atoms with Crippen molar-refractivity contribution >= 4 is 23.5 Å². The van der Waals surface area contributed by atoms with Crippen molar-refractivity contribution in [3.8, 4) is 5.75 Å². The molecule has 0 fully saturated rings. The third-order valence-corrected chi connectivity index (χ3v) is 6.15. The van der Waals surface area contributed by atoms with Crippen LogP contribution in [0, 0.1) is 0 Å². The van der Waals surface area contributed by atoms with Crippen LogP contribution in [0.15, 0.2) is 58.6 Å². The maximum Gasteiger partial charge on any atom is 0.273 e. The first kappa shape index (κ1) is 14.1. The predicted molar refractivity (Wildman–Crippen MR) is 100 cm³/mol. The van der Waals surface area contributed by atoms with Gasteiger partial charge in [0.15, 0.2) is 0 Å². The number of aliphatic imine (C=N–C) groups is 1. The number of fused-ring (bicyclic) bond motifs is 9. The summed E-state index contributed by atoms with van der Waals surface area (Å²) < 4.78 is 5.43. The Morgan fingerprint density at radius 1 is 0.962 bits per heavy atom. The van der Waals surface area contributed by atoms with Gasteiger partial charge in [-0.1, -0.05) is 18.2 Å². The van der Waals surface area contributed by atoms with Crippen LogP contribution >= 0.6 is 0 Å². The van der Waals surface area contributed by atoms with E-state index in [2.05, 4.69) is 39.9 Å². The minimum Gasteiger partial charge on any atom is -0.497 e. The number of benzene rings is 2. The Morgan fingerprint density at radius 2 is 1.73 bits per heavy atom. The fourth-order valence-corrected chi connectivity index (χ4v) is 5.11. The molecule has 2 aromatic carbocycles. The summed E-state index contributed by atoms with van der Waals surface area (Å²) in [6.45, 7) is 0. The molecule has 4 unspecified atom stereocenters. The number of methoxy groups -OCH3 is 1. The Kier molecular flexibility index (Phi) is 2.58. The van der Waals surface area contributed by atoms with Gasteiger partial charge >= 0.3 is 0 Å². The maximum atomic E-state index is 12.7. The Balaban J connectivity index is 1.58. The lowest BCUT2D eigenvalue weighted by Crippen LogP contribution is -2.46. The van der Waals surface area contributed by atoms with Gasteiger partial charge in [0.2, 0.25) is 0 Å². The second-order valence-electron chi connectivity index (χ2n) is 7.27. The average Bonchev–Trinajstić information content (AvgIpc) is 3.33. The Hall–Kier alpha value is -3.08. The molecule has 4 atom stereocenters. The van der Waals surface area contributed by atoms with Crippen molar-refractivity contribution < 1.29 is 9.53 Å². The van der Waals surface area contributed by atoms with Gasteiger partial charge in [0, 0.05) is 35.0 Å². The van der Waals surface area contributed by atoms with Crippen molar-refractivity contribution in [1.29, 1.82) is 0 Å². The highest BCUT2D eigenvalue weighted by molar-refractivity contribution is 6.13. The third-order valence-electron chi connectivity index (χ3n) is 6.15. The summed E-state index contributed by atoms with van der Waals surface area (Å²) >= 11 is 0. The molecule has 3 aliphatic heterocycles. The van der Waals surface area contributed by atoms with Gasteiger partial charge in [-0.25, -0.2) is 4.99 Å². The van der Waals surface area contributed by atoms with Crippen LogP contribution < -0.4 is 15.4 Å². The number of nitrogens with zero attached hydrogens (tertiary/aromatic N) is 1. The van der Waals surface area contributed by atoms with E-state index in [9.17, 15) is 4.79 Å². The number of anilines is 2. The number of nitrogens with one attached hydrogen (secondary N) is 2. The lowest BCUT2D eigenvalue weighted by Gasteiger charge is -2.36. The van der Waals surface area contributed by atoms with E-state index in [-0.39, 0.29) is 29.8 Å². The largest absolute Gasteiger partial charge is 0.497 e. The first-order valence-electron chi connectivity index (χ1n) is 8.88. The molecule has 0 radical (unpaired) electrons. The summed E-state index contributed by atoms with van der Waals surface area (Å²) in [6, 6.07) is 14.7. The minimum absolute atomic E-state index is 0.0427.